The maximum absolute atomic E-state index is 10.9. The zero-order valence-electron chi connectivity index (χ0n) is 11.2. The fourth-order valence-corrected chi connectivity index (χ4v) is 3.70. The zero-order chi connectivity index (χ0) is 16.6. The lowest BCUT2D eigenvalue weighted by molar-refractivity contribution is -0.385. The fourth-order valence-electron chi connectivity index (χ4n) is 1.88. The van der Waals surface area contributed by atoms with E-state index >= 15 is 0 Å². The number of aliphatic imine (C=N–C) groups is 1. The summed E-state index contributed by atoms with van der Waals surface area (Å²) in [5.41, 5.74) is 0.922. The smallest absolute Gasteiger partial charge is 0.271 e. The first-order valence-corrected chi connectivity index (χ1v) is 8.61. The molecule has 0 bridgehead atoms. The van der Waals surface area contributed by atoms with Gasteiger partial charge >= 0.3 is 0 Å². The second kappa shape index (κ2) is 6.34. The maximum atomic E-state index is 10.9. The van der Waals surface area contributed by atoms with Crippen LogP contribution in [0.4, 0.5) is 10.8 Å². The summed E-state index contributed by atoms with van der Waals surface area (Å²) in [6.45, 7) is 0. The van der Waals surface area contributed by atoms with Crippen molar-refractivity contribution in [2.75, 3.05) is 0 Å². The third-order valence-electron chi connectivity index (χ3n) is 2.94. The van der Waals surface area contributed by atoms with E-state index in [4.69, 9.17) is 0 Å². The second-order valence-electron chi connectivity index (χ2n) is 4.49. The molecule has 1 N–H and O–H groups in total. The largest absolute Gasteiger partial charge is 0.506 e. The molecule has 0 saturated carbocycles. The lowest BCUT2D eigenvalue weighted by Crippen LogP contribution is -1.91. The van der Waals surface area contributed by atoms with Crippen LogP contribution in [0.1, 0.15) is 5.56 Å². The number of hydrogen-bond acceptors (Lipinski definition) is 6. The molecule has 6 nitrogen and oxygen atoms in total. The van der Waals surface area contributed by atoms with Crippen molar-refractivity contribution in [2.45, 2.75) is 0 Å². The normalized spacial score (nSPS) is 11.4. The van der Waals surface area contributed by atoms with E-state index in [0.717, 1.165) is 14.7 Å². The highest BCUT2D eigenvalue weighted by Crippen LogP contribution is 2.33. The summed E-state index contributed by atoms with van der Waals surface area (Å²) in [6, 6.07) is 8.19. The number of aromatic hydroxyl groups is 1. The maximum Gasteiger partial charge on any atom is 0.271 e. The zero-order valence-corrected chi connectivity index (χ0v) is 15.2. The first-order valence-electron chi connectivity index (χ1n) is 6.21. The molecule has 0 saturated heterocycles. The highest BCUT2D eigenvalue weighted by atomic mass is 79.9. The Bertz CT molecular complexity index is 956. The van der Waals surface area contributed by atoms with Gasteiger partial charge in [-0.15, -0.1) is 0 Å². The van der Waals surface area contributed by atoms with Crippen LogP contribution in [0.5, 0.6) is 5.75 Å². The highest BCUT2D eigenvalue weighted by molar-refractivity contribution is 9.10. The molecule has 0 fully saturated rings. The molecule has 0 unspecified atom stereocenters. The van der Waals surface area contributed by atoms with Gasteiger partial charge in [-0.05, 0) is 34.1 Å². The predicted octanol–water partition coefficient (Wildman–Crippen LogP) is 5.19. The predicted molar refractivity (Wildman–Crippen MR) is 97.0 cm³/mol. The van der Waals surface area contributed by atoms with Crippen molar-refractivity contribution in [3.05, 3.63) is 55.0 Å². The number of thiazole rings is 1. The summed E-state index contributed by atoms with van der Waals surface area (Å²) in [5, 5.41) is 21.4. The van der Waals surface area contributed by atoms with Crippen LogP contribution in [0.15, 0.2) is 44.3 Å². The Labute approximate surface area is 150 Å². The number of phenols is 1. The Morgan fingerprint density at radius 3 is 2.83 bits per heavy atom. The van der Waals surface area contributed by atoms with Gasteiger partial charge in [0, 0.05) is 28.4 Å². The van der Waals surface area contributed by atoms with Gasteiger partial charge in [-0.1, -0.05) is 27.3 Å². The van der Waals surface area contributed by atoms with Crippen LogP contribution in [0.25, 0.3) is 10.2 Å². The lowest BCUT2D eigenvalue weighted by Gasteiger charge is -2.01. The van der Waals surface area contributed by atoms with Crippen LogP contribution in [0.2, 0.25) is 0 Å². The Morgan fingerprint density at radius 1 is 1.30 bits per heavy atom. The van der Waals surface area contributed by atoms with Gasteiger partial charge in [0.2, 0.25) is 5.13 Å². The minimum absolute atomic E-state index is 0.108. The molecule has 0 amide bonds. The topological polar surface area (TPSA) is 88.6 Å². The molecule has 9 heteroatoms. The van der Waals surface area contributed by atoms with Crippen molar-refractivity contribution < 1.29 is 10.0 Å². The quantitative estimate of drug-likeness (QED) is 0.333. The van der Waals surface area contributed by atoms with Crippen molar-refractivity contribution in [1.82, 2.24) is 4.98 Å². The van der Waals surface area contributed by atoms with Gasteiger partial charge in [0.1, 0.15) is 5.75 Å². The first-order chi connectivity index (χ1) is 10.9. The molecule has 0 spiro atoms. The summed E-state index contributed by atoms with van der Waals surface area (Å²) < 4.78 is 2.15. The van der Waals surface area contributed by atoms with E-state index in [-0.39, 0.29) is 21.5 Å². The third kappa shape index (κ3) is 3.41. The molecule has 0 aliphatic rings. The Hall–Kier alpha value is -1.84. The summed E-state index contributed by atoms with van der Waals surface area (Å²) in [4.78, 5) is 18.9. The molecule has 1 heterocycles. The summed E-state index contributed by atoms with van der Waals surface area (Å²) in [7, 11) is 0. The highest BCUT2D eigenvalue weighted by Gasteiger charge is 2.13. The van der Waals surface area contributed by atoms with Gasteiger partial charge < -0.3 is 5.11 Å². The van der Waals surface area contributed by atoms with E-state index in [1.807, 2.05) is 18.2 Å². The molecule has 0 aliphatic heterocycles. The average molecular weight is 457 g/mol. The number of fused-ring (bicyclic) bond motifs is 1. The van der Waals surface area contributed by atoms with Crippen molar-refractivity contribution >= 4 is 70.4 Å². The Morgan fingerprint density at radius 2 is 2.09 bits per heavy atom. The van der Waals surface area contributed by atoms with Gasteiger partial charge in [-0.2, -0.15) is 0 Å². The molecule has 116 valence electrons. The van der Waals surface area contributed by atoms with Crippen molar-refractivity contribution in [1.29, 1.82) is 0 Å². The van der Waals surface area contributed by atoms with E-state index < -0.39 is 4.92 Å². The van der Waals surface area contributed by atoms with Crippen LogP contribution in [-0.4, -0.2) is 21.2 Å². The monoisotopic (exact) mass is 455 g/mol. The minimum atomic E-state index is -0.531. The number of rotatable bonds is 3. The molecule has 2 aromatic carbocycles. The van der Waals surface area contributed by atoms with Gasteiger partial charge in [-0.3, -0.25) is 10.1 Å². The van der Waals surface area contributed by atoms with Crippen LogP contribution in [-0.2, 0) is 0 Å². The number of non-ortho nitro benzene ring substituents is 1. The molecule has 1 aromatic heterocycles. The molecule has 3 aromatic rings. The fraction of sp³-hybridized carbons (Fsp3) is 0. The van der Waals surface area contributed by atoms with E-state index in [0.29, 0.717) is 5.13 Å². The second-order valence-corrected chi connectivity index (χ2v) is 7.27. The molecular formula is C14H7Br2N3O3S. The van der Waals surface area contributed by atoms with Gasteiger partial charge in [0.15, 0.2) is 0 Å². The SMILES string of the molecule is O=[N+]([O-])c1cc(Br)c(O)c(/C=N/c2nc3ccc(Br)cc3s2)c1. The number of nitro groups is 1. The summed E-state index contributed by atoms with van der Waals surface area (Å²) in [6.07, 6.45) is 1.36. The number of phenolic OH excluding ortho intramolecular Hbond substituents is 1. The molecule has 3 rings (SSSR count). The van der Waals surface area contributed by atoms with Crippen molar-refractivity contribution in [2.24, 2.45) is 4.99 Å². The van der Waals surface area contributed by atoms with Gasteiger partial charge in [-0.25, -0.2) is 9.98 Å². The molecule has 0 atom stereocenters. The van der Waals surface area contributed by atoms with Gasteiger partial charge in [0.25, 0.3) is 5.69 Å². The number of benzene rings is 2. The van der Waals surface area contributed by atoms with Crippen molar-refractivity contribution in [3.8, 4) is 5.75 Å². The summed E-state index contributed by atoms with van der Waals surface area (Å²) >= 11 is 7.87. The molecule has 0 aliphatic carbocycles. The Balaban J connectivity index is 1.99. The van der Waals surface area contributed by atoms with Crippen molar-refractivity contribution in [3.63, 3.8) is 0 Å². The molecular weight excluding hydrogens is 450 g/mol. The third-order valence-corrected chi connectivity index (χ3v) is 4.97. The van der Waals surface area contributed by atoms with E-state index in [9.17, 15) is 15.2 Å². The number of nitro benzene ring substituents is 1. The van der Waals surface area contributed by atoms with Crippen LogP contribution < -0.4 is 0 Å². The van der Waals surface area contributed by atoms with E-state index in [1.165, 1.54) is 29.7 Å². The molecule has 0 radical (unpaired) electrons. The number of nitrogens with zero attached hydrogens (tertiary/aromatic N) is 3. The number of halogens is 2. The van der Waals surface area contributed by atoms with E-state index in [2.05, 4.69) is 41.8 Å². The van der Waals surface area contributed by atoms with Crippen LogP contribution in [0, 0.1) is 10.1 Å². The Kier molecular flexibility index (Phi) is 4.42. The van der Waals surface area contributed by atoms with Gasteiger partial charge in [0.05, 0.1) is 19.6 Å². The van der Waals surface area contributed by atoms with Crippen LogP contribution >= 0.6 is 43.2 Å². The standard InChI is InChI=1S/C14H7Br2N3O3S/c15-8-1-2-11-12(4-8)23-14(18-11)17-6-7-3-9(19(21)22)5-10(16)13(7)20/h1-6,20H/b17-6+. The number of hydrogen-bond donors (Lipinski definition) is 1. The number of aromatic nitrogens is 1. The summed E-state index contributed by atoms with van der Waals surface area (Å²) in [5.74, 6) is -0.108. The average Bonchev–Trinajstić information content (AvgIpc) is 2.90. The van der Waals surface area contributed by atoms with E-state index in [1.54, 1.807) is 0 Å². The van der Waals surface area contributed by atoms with Crippen LogP contribution in [0.3, 0.4) is 0 Å². The molecule has 23 heavy (non-hydrogen) atoms. The lowest BCUT2D eigenvalue weighted by atomic mass is 10.2. The first kappa shape index (κ1) is 16.0. The minimum Gasteiger partial charge on any atom is -0.506 e.